The van der Waals surface area contributed by atoms with E-state index in [9.17, 15) is 0 Å². The van der Waals surface area contributed by atoms with Crippen molar-refractivity contribution in [1.29, 1.82) is 0 Å². The Morgan fingerprint density at radius 1 is 0.969 bits per heavy atom. The number of hydrogen-bond donors (Lipinski definition) is 0. The summed E-state index contributed by atoms with van der Waals surface area (Å²) in [5.41, 5.74) is 7.60. The third-order valence-electron chi connectivity index (χ3n) is 5.41. The van der Waals surface area contributed by atoms with E-state index in [1.807, 2.05) is 67.3 Å². The molecule has 0 aliphatic carbocycles. The van der Waals surface area contributed by atoms with Crippen molar-refractivity contribution in [2.24, 2.45) is 7.05 Å². The number of fused-ring (bicyclic) bond motifs is 1. The van der Waals surface area contributed by atoms with Gasteiger partial charge in [0.25, 0.3) is 0 Å². The normalized spacial score (nSPS) is 11.5. The van der Waals surface area contributed by atoms with Crippen LogP contribution >= 0.6 is 0 Å². The van der Waals surface area contributed by atoms with E-state index in [2.05, 4.69) is 35.4 Å². The monoisotopic (exact) mass is 421 g/mol. The van der Waals surface area contributed by atoms with Crippen LogP contribution in [-0.4, -0.2) is 31.7 Å². The van der Waals surface area contributed by atoms with Crippen molar-refractivity contribution in [2.45, 2.75) is 6.92 Å². The zero-order chi connectivity index (χ0) is 22.1. The number of hydrogen-bond acceptors (Lipinski definition) is 4. The molecule has 158 valence electrons. The molecule has 3 aromatic heterocycles. The van der Waals surface area contributed by atoms with E-state index in [0.29, 0.717) is 0 Å². The van der Waals surface area contributed by atoms with Crippen LogP contribution in [0.5, 0.6) is 5.75 Å². The maximum atomic E-state index is 5.73. The number of benzene rings is 2. The summed E-state index contributed by atoms with van der Waals surface area (Å²) in [5, 5.41) is 9.14. The van der Waals surface area contributed by atoms with E-state index in [1.165, 1.54) is 0 Å². The minimum absolute atomic E-state index is 0.725. The molecule has 0 atom stereocenters. The molecule has 0 radical (unpaired) electrons. The van der Waals surface area contributed by atoms with Gasteiger partial charge in [-0.3, -0.25) is 4.68 Å². The molecule has 3 heterocycles. The van der Waals surface area contributed by atoms with Crippen LogP contribution in [0.1, 0.15) is 16.8 Å². The number of aryl methyl sites for hydroxylation is 2. The molecule has 5 rings (SSSR count). The van der Waals surface area contributed by atoms with Gasteiger partial charge < -0.3 is 4.74 Å². The van der Waals surface area contributed by atoms with E-state index < -0.39 is 0 Å². The molecular formula is C26H23N5O. The van der Waals surface area contributed by atoms with Gasteiger partial charge >= 0.3 is 0 Å². The second-order valence-corrected chi connectivity index (χ2v) is 7.60. The molecule has 0 N–H and O–H groups in total. The molecule has 0 fully saturated rings. The highest BCUT2D eigenvalue weighted by atomic mass is 16.5. The molecule has 0 amide bonds. The highest BCUT2D eigenvalue weighted by molar-refractivity contribution is 5.97. The van der Waals surface area contributed by atoms with Crippen LogP contribution in [0.25, 0.3) is 40.1 Å². The molecule has 5 aromatic rings. The van der Waals surface area contributed by atoms with Gasteiger partial charge in [-0.05, 0) is 36.8 Å². The van der Waals surface area contributed by atoms with Crippen molar-refractivity contribution in [3.63, 3.8) is 0 Å². The van der Waals surface area contributed by atoms with Gasteiger partial charge in [-0.2, -0.15) is 10.2 Å². The molecule has 6 nitrogen and oxygen atoms in total. The van der Waals surface area contributed by atoms with E-state index in [0.717, 1.165) is 50.5 Å². The first-order valence-electron chi connectivity index (χ1n) is 10.4. The minimum atomic E-state index is 0.725. The number of aromatic nitrogens is 5. The average Bonchev–Trinajstić information content (AvgIpc) is 3.46. The van der Waals surface area contributed by atoms with Crippen molar-refractivity contribution in [1.82, 2.24) is 24.5 Å². The van der Waals surface area contributed by atoms with Crippen molar-refractivity contribution >= 4 is 23.2 Å². The third kappa shape index (κ3) is 3.56. The van der Waals surface area contributed by atoms with Crippen LogP contribution in [0.15, 0.2) is 73.1 Å². The molecule has 0 aliphatic heterocycles. The number of pyridine rings is 1. The molecule has 0 saturated heterocycles. The average molecular weight is 422 g/mol. The maximum absolute atomic E-state index is 5.73. The summed E-state index contributed by atoms with van der Waals surface area (Å²) < 4.78 is 9.43. The van der Waals surface area contributed by atoms with Crippen molar-refractivity contribution < 1.29 is 4.74 Å². The molecular weight excluding hydrogens is 398 g/mol. The highest BCUT2D eigenvalue weighted by Crippen LogP contribution is 2.36. The van der Waals surface area contributed by atoms with Crippen LogP contribution in [0.3, 0.4) is 0 Å². The molecule has 6 heteroatoms. The summed E-state index contributed by atoms with van der Waals surface area (Å²) in [7, 11) is 3.62. The van der Waals surface area contributed by atoms with Crippen LogP contribution in [0.2, 0.25) is 0 Å². The second-order valence-electron chi connectivity index (χ2n) is 7.60. The number of rotatable bonds is 5. The Morgan fingerprint density at radius 2 is 1.81 bits per heavy atom. The summed E-state index contributed by atoms with van der Waals surface area (Å²) >= 11 is 0. The Balaban J connectivity index is 1.65. The van der Waals surface area contributed by atoms with Crippen molar-refractivity contribution in [3.8, 4) is 22.7 Å². The smallest absolute Gasteiger partial charge is 0.130 e. The van der Waals surface area contributed by atoms with Gasteiger partial charge in [0.2, 0.25) is 0 Å². The second kappa shape index (κ2) is 8.15. The topological polar surface area (TPSA) is 57.8 Å². The van der Waals surface area contributed by atoms with E-state index in [-0.39, 0.29) is 0 Å². The van der Waals surface area contributed by atoms with Crippen LogP contribution in [-0.2, 0) is 7.05 Å². The summed E-state index contributed by atoms with van der Waals surface area (Å²) in [6.07, 6.45) is 7.89. The molecule has 32 heavy (non-hydrogen) atoms. The predicted octanol–water partition coefficient (Wildman–Crippen LogP) is 5.31. The Bertz CT molecular complexity index is 1420. The summed E-state index contributed by atoms with van der Waals surface area (Å²) in [5.74, 6) is 0.725. The Hall–Kier alpha value is -4.19. The molecule has 0 bridgehead atoms. The Morgan fingerprint density at radius 3 is 2.56 bits per heavy atom. The fraction of sp³-hybridized carbons (Fsp3) is 0.115. The first-order chi connectivity index (χ1) is 15.6. The largest absolute Gasteiger partial charge is 0.496 e. The minimum Gasteiger partial charge on any atom is -0.496 e. The van der Waals surface area contributed by atoms with Gasteiger partial charge in [0.15, 0.2) is 0 Å². The van der Waals surface area contributed by atoms with Crippen molar-refractivity contribution in [2.75, 3.05) is 7.11 Å². The quantitative estimate of drug-likeness (QED) is 0.386. The zero-order valence-electron chi connectivity index (χ0n) is 18.2. The molecule has 0 aliphatic rings. The van der Waals surface area contributed by atoms with Gasteiger partial charge in [-0.1, -0.05) is 42.5 Å². The number of methoxy groups -OCH3 is 1. The molecule has 0 spiro atoms. The Kier molecular flexibility index (Phi) is 5.03. The first kappa shape index (κ1) is 19.8. The lowest BCUT2D eigenvalue weighted by atomic mass is 10.1. The SMILES string of the molecule is COc1cc(-n2cccn2)ccc1-c1nn(C)c2c(/C=C/c3ccccc3)cc(C)nc12. The fourth-order valence-electron chi connectivity index (χ4n) is 3.94. The number of ether oxygens (including phenoxy) is 1. The van der Waals surface area contributed by atoms with Crippen molar-refractivity contribution in [3.05, 3.63) is 89.9 Å². The Labute approximate surface area is 186 Å². The van der Waals surface area contributed by atoms with Gasteiger partial charge in [-0.25, -0.2) is 9.67 Å². The molecule has 2 aromatic carbocycles. The van der Waals surface area contributed by atoms with E-state index in [4.69, 9.17) is 14.8 Å². The highest BCUT2D eigenvalue weighted by Gasteiger charge is 2.19. The predicted molar refractivity (Wildman–Crippen MR) is 128 cm³/mol. The summed E-state index contributed by atoms with van der Waals surface area (Å²) in [4.78, 5) is 4.85. The maximum Gasteiger partial charge on any atom is 0.130 e. The van der Waals surface area contributed by atoms with E-state index in [1.54, 1.807) is 18.0 Å². The number of nitrogens with zero attached hydrogens (tertiary/aromatic N) is 5. The van der Waals surface area contributed by atoms with Gasteiger partial charge in [0.05, 0.1) is 18.3 Å². The fourth-order valence-corrected chi connectivity index (χ4v) is 3.94. The summed E-state index contributed by atoms with van der Waals surface area (Å²) in [6, 6.07) is 20.2. The van der Waals surface area contributed by atoms with Gasteiger partial charge in [-0.15, -0.1) is 0 Å². The zero-order valence-corrected chi connectivity index (χ0v) is 18.2. The van der Waals surface area contributed by atoms with E-state index >= 15 is 0 Å². The lowest BCUT2D eigenvalue weighted by molar-refractivity contribution is 0.416. The van der Waals surface area contributed by atoms with Crippen LogP contribution in [0, 0.1) is 6.92 Å². The lowest BCUT2D eigenvalue weighted by Crippen LogP contribution is -1.97. The van der Waals surface area contributed by atoms with Crippen LogP contribution in [0.4, 0.5) is 0 Å². The van der Waals surface area contributed by atoms with Gasteiger partial charge in [0.1, 0.15) is 17.0 Å². The summed E-state index contributed by atoms with van der Waals surface area (Å²) in [6.45, 7) is 2.01. The lowest BCUT2D eigenvalue weighted by Gasteiger charge is -2.10. The standard InChI is InChI=1S/C26H23N5O/c1-18-16-20(11-10-19-8-5-4-6-9-19)26-25(28-18)24(29-30(26)2)22-13-12-21(17-23(22)32-3)31-15-7-14-27-31/h4-17H,1-3H3/b11-10+. The molecule has 0 unspecified atom stereocenters. The third-order valence-corrected chi connectivity index (χ3v) is 5.41. The first-order valence-corrected chi connectivity index (χ1v) is 10.4. The van der Waals surface area contributed by atoms with Gasteiger partial charge in [0, 0.05) is 42.3 Å². The van der Waals surface area contributed by atoms with Crippen LogP contribution < -0.4 is 4.74 Å². The molecule has 0 saturated carbocycles.